The fourth-order valence-corrected chi connectivity index (χ4v) is 1.39. The van der Waals surface area contributed by atoms with Crippen molar-refractivity contribution < 1.29 is 19.1 Å². The molecule has 1 saturated heterocycles. The SMILES string of the molecule is CC1(C)OCC(c2cc(CO)on2)O1. The van der Waals surface area contributed by atoms with Crippen LogP contribution in [0.15, 0.2) is 10.6 Å². The van der Waals surface area contributed by atoms with Crippen LogP contribution < -0.4 is 0 Å². The summed E-state index contributed by atoms with van der Waals surface area (Å²) in [6, 6.07) is 1.68. The Bertz CT molecular complexity index is 320. The van der Waals surface area contributed by atoms with E-state index in [0.717, 1.165) is 0 Å². The van der Waals surface area contributed by atoms with Crippen LogP contribution in [0.25, 0.3) is 0 Å². The Morgan fingerprint density at radius 2 is 2.43 bits per heavy atom. The van der Waals surface area contributed by atoms with E-state index in [-0.39, 0.29) is 12.7 Å². The summed E-state index contributed by atoms with van der Waals surface area (Å²) < 4.78 is 15.8. The summed E-state index contributed by atoms with van der Waals surface area (Å²) >= 11 is 0. The first kappa shape index (κ1) is 9.64. The van der Waals surface area contributed by atoms with Crippen molar-refractivity contribution in [2.24, 2.45) is 0 Å². The van der Waals surface area contributed by atoms with Crippen LogP contribution in [0.1, 0.15) is 31.4 Å². The molecule has 0 saturated carbocycles. The third-order valence-corrected chi connectivity index (χ3v) is 2.07. The maximum atomic E-state index is 8.79. The molecule has 2 heterocycles. The molecule has 1 fully saturated rings. The van der Waals surface area contributed by atoms with E-state index in [1.54, 1.807) is 6.07 Å². The van der Waals surface area contributed by atoms with Gasteiger partial charge in [0, 0.05) is 6.07 Å². The van der Waals surface area contributed by atoms with Gasteiger partial charge in [0.2, 0.25) is 0 Å². The van der Waals surface area contributed by atoms with Crippen LogP contribution in [-0.2, 0) is 16.1 Å². The van der Waals surface area contributed by atoms with Gasteiger partial charge < -0.3 is 19.1 Å². The molecule has 0 aromatic carbocycles. The molecular formula is C9H13NO4. The first-order valence-corrected chi connectivity index (χ1v) is 4.49. The minimum Gasteiger partial charge on any atom is -0.388 e. The second kappa shape index (κ2) is 3.34. The van der Waals surface area contributed by atoms with Crippen LogP contribution in [0.2, 0.25) is 0 Å². The van der Waals surface area contributed by atoms with Crippen LogP contribution in [0.5, 0.6) is 0 Å². The number of aliphatic hydroxyl groups excluding tert-OH is 1. The molecule has 1 aromatic heterocycles. The maximum absolute atomic E-state index is 8.79. The summed E-state index contributed by atoms with van der Waals surface area (Å²) in [4.78, 5) is 0. The van der Waals surface area contributed by atoms with Crippen molar-refractivity contribution in [1.82, 2.24) is 5.16 Å². The van der Waals surface area contributed by atoms with E-state index in [2.05, 4.69) is 5.16 Å². The minimum atomic E-state index is -0.566. The zero-order chi connectivity index (χ0) is 10.2. The largest absolute Gasteiger partial charge is 0.388 e. The average molecular weight is 199 g/mol. The van der Waals surface area contributed by atoms with E-state index in [9.17, 15) is 0 Å². The lowest BCUT2D eigenvalue weighted by Gasteiger charge is -2.15. The Labute approximate surface area is 81.6 Å². The van der Waals surface area contributed by atoms with E-state index in [1.165, 1.54) is 0 Å². The minimum absolute atomic E-state index is 0.149. The van der Waals surface area contributed by atoms with E-state index in [1.807, 2.05) is 13.8 Å². The fourth-order valence-electron chi connectivity index (χ4n) is 1.39. The summed E-state index contributed by atoms with van der Waals surface area (Å²) in [7, 11) is 0. The standard InChI is InChI=1S/C9H13NO4/c1-9(2)12-5-8(13-9)7-3-6(4-11)14-10-7/h3,8,11H,4-5H2,1-2H3. The van der Waals surface area contributed by atoms with Gasteiger partial charge in [-0.3, -0.25) is 0 Å². The monoisotopic (exact) mass is 199 g/mol. The number of aliphatic hydroxyl groups is 1. The number of rotatable bonds is 2. The van der Waals surface area contributed by atoms with Gasteiger partial charge in [-0.05, 0) is 13.8 Å². The van der Waals surface area contributed by atoms with Gasteiger partial charge in [0.05, 0.1) is 6.61 Å². The molecule has 0 bridgehead atoms. The highest BCUT2D eigenvalue weighted by atomic mass is 16.7. The van der Waals surface area contributed by atoms with Crippen LogP contribution in [-0.4, -0.2) is 22.7 Å². The Kier molecular flexibility index (Phi) is 2.30. The molecule has 1 N–H and O–H groups in total. The maximum Gasteiger partial charge on any atom is 0.163 e. The second-order valence-electron chi connectivity index (χ2n) is 3.69. The van der Waals surface area contributed by atoms with E-state index in [0.29, 0.717) is 18.1 Å². The van der Waals surface area contributed by atoms with Crippen LogP contribution in [0.4, 0.5) is 0 Å². The van der Waals surface area contributed by atoms with Crippen molar-refractivity contribution in [3.05, 3.63) is 17.5 Å². The highest BCUT2D eigenvalue weighted by Crippen LogP contribution is 2.32. The summed E-state index contributed by atoms with van der Waals surface area (Å²) in [5.41, 5.74) is 0.666. The summed E-state index contributed by atoms with van der Waals surface area (Å²) in [6.07, 6.45) is -0.200. The molecule has 5 heteroatoms. The predicted molar refractivity (Wildman–Crippen MR) is 46.3 cm³/mol. The van der Waals surface area contributed by atoms with Crippen molar-refractivity contribution in [1.29, 1.82) is 0 Å². The van der Waals surface area contributed by atoms with Gasteiger partial charge >= 0.3 is 0 Å². The van der Waals surface area contributed by atoms with Crippen molar-refractivity contribution in [3.8, 4) is 0 Å². The molecule has 1 unspecified atom stereocenters. The molecule has 0 spiro atoms. The van der Waals surface area contributed by atoms with E-state index in [4.69, 9.17) is 19.1 Å². The van der Waals surface area contributed by atoms with Gasteiger partial charge in [0.1, 0.15) is 18.4 Å². The first-order chi connectivity index (χ1) is 6.61. The highest BCUT2D eigenvalue weighted by Gasteiger charge is 2.35. The van der Waals surface area contributed by atoms with Crippen molar-refractivity contribution >= 4 is 0 Å². The summed E-state index contributed by atoms with van der Waals surface area (Å²) in [5.74, 6) is -0.128. The zero-order valence-corrected chi connectivity index (χ0v) is 8.19. The molecular weight excluding hydrogens is 186 g/mol. The van der Waals surface area contributed by atoms with Crippen molar-refractivity contribution in [3.63, 3.8) is 0 Å². The van der Waals surface area contributed by atoms with Gasteiger partial charge in [-0.25, -0.2) is 0 Å². The van der Waals surface area contributed by atoms with Crippen molar-refractivity contribution in [2.75, 3.05) is 6.61 Å². The van der Waals surface area contributed by atoms with Gasteiger partial charge in [0.15, 0.2) is 11.5 Å². The molecule has 1 atom stereocenters. The lowest BCUT2D eigenvalue weighted by molar-refractivity contribution is -0.139. The molecule has 1 aliphatic heterocycles. The lowest BCUT2D eigenvalue weighted by atomic mass is 10.2. The molecule has 0 radical (unpaired) electrons. The van der Waals surface area contributed by atoms with Crippen molar-refractivity contribution in [2.45, 2.75) is 32.3 Å². The van der Waals surface area contributed by atoms with Gasteiger partial charge in [-0.15, -0.1) is 0 Å². The summed E-state index contributed by atoms with van der Waals surface area (Å²) in [5, 5.41) is 12.6. The second-order valence-corrected chi connectivity index (χ2v) is 3.69. The smallest absolute Gasteiger partial charge is 0.163 e. The Balaban J connectivity index is 2.09. The summed E-state index contributed by atoms with van der Waals surface area (Å²) in [6.45, 7) is 4.01. The molecule has 14 heavy (non-hydrogen) atoms. The predicted octanol–water partition coefficient (Wildman–Crippen LogP) is 0.991. The molecule has 2 rings (SSSR count). The third kappa shape index (κ3) is 1.79. The van der Waals surface area contributed by atoms with Crippen LogP contribution in [0, 0.1) is 0 Å². The Morgan fingerprint density at radius 1 is 1.64 bits per heavy atom. The quantitative estimate of drug-likeness (QED) is 0.769. The molecule has 78 valence electrons. The number of nitrogens with zero attached hydrogens (tertiary/aromatic N) is 1. The fraction of sp³-hybridized carbons (Fsp3) is 0.667. The molecule has 5 nitrogen and oxygen atoms in total. The molecule has 0 aliphatic carbocycles. The number of ether oxygens (including phenoxy) is 2. The van der Waals surface area contributed by atoms with Gasteiger partial charge in [-0.2, -0.15) is 0 Å². The highest BCUT2D eigenvalue weighted by molar-refractivity contribution is 5.08. The normalized spacial score (nSPS) is 25.5. The van der Waals surface area contributed by atoms with E-state index < -0.39 is 5.79 Å². The number of hydrogen-bond donors (Lipinski definition) is 1. The Hall–Kier alpha value is -0.910. The molecule has 1 aliphatic rings. The third-order valence-electron chi connectivity index (χ3n) is 2.07. The topological polar surface area (TPSA) is 64.7 Å². The zero-order valence-electron chi connectivity index (χ0n) is 8.19. The number of aromatic nitrogens is 1. The van der Waals surface area contributed by atoms with Crippen LogP contribution in [0.3, 0.4) is 0 Å². The molecule has 0 amide bonds. The first-order valence-electron chi connectivity index (χ1n) is 4.49. The van der Waals surface area contributed by atoms with Gasteiger partial charge in [0.25, 0.3) is 0 Å². The number of hydrogen-bond acceptors (Lipinski definition) is 5. The molecule has 1 aromatic rings. The van der Waals surface area contributed by atoms with Crippen LogP contribution >= 0.6 is 0 Å². The van der Waals surface area contributed by atoms with E-state index >= 15 is 0 Å². The average Bonchev–Trinajstić information content (AvgIpc) is 2.70. The van der Waals surface area contributed by atoms with Gasteiger partial charge in [-0.1, -0.05) is 5.16 Å². The Morgan fingerprint density at radius 3 is 2.93 bits per heavy atom. The lowest BCUT2D eigenvalue weighted by Crippen LogP contribution is -2.19.